The first kappa shape index (κ1) is 33.3. The molecule has 12 nitrogen and oxygen atoms in total. The van der Waals surface area contributed by atoms with Crippen LogP contribution in [-0.4, -0.2) is 97.0 Å². The lowest BCUT2D eigenvalue weighted by Crippen LogP contribution is -2.42. The Morgan fingerprint density at radius 3 is 2.38 bits per heavy atom. The van der Waals surface area contributed by atoms with E-state index >= 15 is 0 Å². The van der Waals surface area contributed by atoms with E-state index in [1.807, 2.05) is 55.5 Å². The molecule has 0 spiro atoms. The SMILES string of the molecule is COCCN1C[C@@H](NC(=O)Nc2c(C)c(-c3ccnc(C(=O)NC4CCS(=O)(=O)CC4)c3)nn2-c2ccccc2)[C@H](c2ccccc2)C1. The number of likely N-dealkylation sites (tertiary alicyclic amines) is 1. The van der Waals surface area contributed by atoms with Gasteiger partial charge in [0.1, 0.15) is 21.3 Å². The van der Waals surface area contributed by atoms with E-state index in [0.717, 1.165) is 24.3 Å². The molecular formula is C35H41N7O5S. The number of carbonyl (C=O) groups excluding carboxylic acids is 2. The molecule has 6 rings (SSSR count). The summed E-state index contributed by atoms with van der Waals surface area (Å²) in [5.41, 5.74) is 4.09. The number of anilines is 1. The van der Waals surface area contributed by atoms with Crippen LogP contribution in [-0.2, 0) is 14.6 Å². The van der Waals surface area contributed by atoms with Crippen molar-refractivity contribution in [2.75, 3.05) is 50.2 Å². The third-order valence-electron chi connectivity index (χ3n) is 9.06. The molecule has 0 radical (unpaired) electrons. The molecule has 4 aromatic rings. The molecule has 2 aliphatic rings. The van der Waals surface area contributed by atoms with Crippen LogP contribution in [0.1, 0.15) is 40.4 Å². The highest BCUT2D eigenvalue weighted by atomic mass is 32.2. The number of para-hydroxylation sites is 1. The van der Waals surface area contributed by atoms with Crippen LogP contribution in [0, 0.1) is 6.92 Å². The number of aromatic nitrogens is 3. The third-order valence-corrected chi connectivity index (χ3v) is 10.8. The number of sulfone groups is 1. The van der Waals surface area contributed by atoms with Crippen LogP contribution in [0.3, 0.4) is 0 Å². The van der Waals surface area contributed by atoms with E-state index in [-0.39, 0.29) is 47.1 Å². The summed E-state index contributed by atoms with van der Waals surface area (Å²) in [5.74, 6) is 0.368. The van der Waals surface area contributed by atoms with Crippen LogP contribution in [0.5, 0.6) is 0 Å². The van der Waals surface area contributed by atoms with Gasteiger partial charge < -0.3 is 15.4 Å². The maximum absolute atomic E-state index is 13.7. The summed E-state index contributed by atoms with van der Waals surface area (Å²) in [7, 11) is -1.35. The second-order valence-electron chi connectivity index (χ2n) is 12.4. The minimum Gasteiger partial charge on any atom is -0.383 e. The number of carbonyl (C=O) groups is 2. The fraction of sp³-hybridized carbons (Fsp3) is 0.371. The molecule has 0 saturated carbocycles. The van der Waals surface area contributed by atoms with Crippen molar-refractivity contribution >= 4 is 27.6 Å². The first-order valence-corrected chi connectivity index (χ1v) is 18.0. The molecule has 2 fully saturated rings. The van der Waals surface area contributed by atoms with Gasteiger partial charge in [0.2, 0.25) is 0 Å². The molecular weight excluding hydrogens is 630 g/mol. The molecule has 0 aliphatic carbocycles. The summed E-state index contributed by atoms with van der Waals surface area (Å²) in [6.07, 6.45) is 2.31. The van der Waals surface area contributed by atoms with Gasteiger partial charge in [-0.3, -0.25) is 20.0 Å². The Balaban J connectivity index is 1.24. The smallest absolute Gasteiger partial charge is 0.320 e. The fourth-order valence-corrected chi connectivity index (χ4v) is 7.94. The summed E-state index contributed by atoms with van der Waals surface area (Å²) >= 11 is 0. The molecule has 252 valence electrons. The Morgan fingerprint density at radius 1 is 0.958 bits per heavy atom. The maximum Gasteiger partial charge on any atom is 0.320 e. The summed E-state index contributed by atoms with van der Waals surface area (Å²) in [5, 5.41) is 14.1. The van der Waals surface area contributed by atoms with E-state index in [2.05, 4.69) is 38.0 Å². The first-order valence-electron chi connectivity index (χ1n) is 16.2. The summed E-state index contributed by atoms with van der Waals surface area (Å²) in [4.78, 5) is 33.4. The Morgan fingerprint density at radius 2 is 1.67 bits per heavy atom. The number of nitrogens with zero attached hydrogens (tertiary/aromatic N) is 4. The largest absolute Gasteiger partial charge is 0.383 e. The van der Waals surface area contributed by atoms with E-state index in [0.29, 0.717) is 43.1 Å². The monoisotopic (exact) mass is 671 g/mol. The quantitative estimate of drug-likeness (QED) is 0.231. The van der Waals surface area contributed by atoms with Crippen LogP contribution in [0.4, 0.5) is 10.6 Å². The zero-order valence-corrected chi connectivity index (χ0v) is 27.9. The topological polar surface area (TPSA) is 148 Å². The van der Waals surface area contributed by atoms with E-state index in [1.54, 1.807) is 30.1 Å². The van der Waals surface area contributed by atoms with Gasteiger partial charge in [-0.05, 0) is 49.6 Å². The molecule has 13 heteroatoms. The molecule has 4 heterocycles. The number of nitrogens with one attached hydrogen (secondary N) is 3. The van der Waals surface area contributed by atoms with E-state index in [4.69, 9.17) is 9.84 Å². The summed E-state index contributed by atoms with van der Waals surface area (Å²) in [6.45, 7) is 4.77. The molecule has 2 aliphatic heterocycles. The number of urea groups is 1. The highest BCUT2D eigenvalue weighted by Crippen LogP contribution is 2.32. The zero-order valence-electron chi connectivity index (χ0n) is 27.1. The fourth-order valence-electron chi connectivity index (χ4n) is 6.45. The average molecular weight is 672 g/mol. The predicted molar refractivity (Wildman–Crippen MR) is 184 cm³/mol. The van der Waals surface area contributed by atoms with Gasteiger partial charge in [-0.25, -0.2) is 17.9 Å². The number of rotatable bonds is 10. The number of ether oxygens (including phenoxy) is 1. The maximum atomic E-state index is 13.7. The normalized spacial score (nSPS) is 19.5. The lowest BCUT2D eigenvalue weighted by atomic mass is 9.94. The number of methoxy groups -OCH3 is 1. The predicted octanol–water partition coefficient (Wildman–Crippen LogP) is 3.79. The van der Waals surface area contributed by atoms with Gasteiger partial charge in [0, 0.05) is 56.0 Å². The van der Waals surface area contributed by atoms with Gasteiger partial charge in [-0.2, -0.15) is 5.10 Å². The molecule has 48 heavy (non-hydrogen) atoms. The Bertz CT molecular complexity index is 1840. The molecule has 2 saturated heterocycles. The Hall–Kier alpha value is -4.59. The van der Waals surface area contributed by atoms with Gasteiger partial charge in [-0.1, -0.05) is 48.5 Å². The summed E-state index contributed by atoms with van der Waals surface area (Å²) in [6, 6.07) is 22.5. The second-order valence-corrected chi connectivity index (χ2v) is 14.7. The highest BCUT2D eigenvalue weighted by molar-refractivity contribution is 7.91. The number of amides is 3. The minimum absolute atomic E-state index is 0.0601. The van der Waals surface area contributed by atoms with Crippen molar-refractivity contribution in [3.63, 3.8) is 0 Å². The van der Waals surface area contributed by atoms with E-state index in [9.17, 15) is 18.0 Å². The minimum atomic E-state index is -3.04. The average Bonchev–Trinajstić information content (AvgIpc) is 3.65. The molecule has 3 N–H and O–H groups in total. The van der Waals surface area contributed by atoms with E-state index in [1.165, 1.54) is 5.56 Å². The van der Waals surface area contributed by atoms with Crippen molar-refractivity contribution in [3.05, 3.63) is 95.8 Å². The van der Waals surface area contributed by atoms with Crippen molar-refractivity contribution in [1.29, 1.82) is 0 Å². The first-order chi connectivity index (χ1) is 23.2. The van der Waals surface area contributed by atoms with Gasteiger partial charge in [0.15, 0.2) is 0 Å². The van der Waals surface area contributed by atoms with Crippen molar-refractivity contribution in [3.8, 4) is 16.9 Å². The van der Waals surface area contributed by atoms with Gasteiger partial charge in [0.25, 0.3) is 5.91 Å². The molecule has 0 unspecified atom stereocenters. The molecule has 2 aromatic heterocycles. The number of benzene rings is 2. The van der Waals surface area contributed by atoms with Crippen LogP contribution in [0.15, 0.2) is 79.0 Å². The van der Waals surface area contributed by atoms with Gasteiger partial charge >= 0.3 is 6.03 Å². The lowest BCUT2D eigenvalue weighted by Gasteiger charge is -2.22. The molecule has 3 amide bonds. The number of pyridine rings is 1. The Labute approximate surface area is 280 Å². The van der Waals surface area contributed by atoms with Crippen LogP contribution < -0.4 is 16.0 Å². The second kappa shape index (κ2) is 14.7. The number of hydrogen-bond acceptors (Lipinski definition) is 8. The zero-order chi connectivity index (χ0) is 33.7. The van der Waals surface area contributed by atoms with E-state index < -0.39 is 9.84 Å². The van der Waals surface area contributed by atoms with Crippen molar-refractivity contribution in [1.82, 2.24) is 30.3 Å². The van der Waals surface area contributed by atoms with Crippen molar-refractivity contribution in [2.24, 2.45) is 0 Å². The van der Waals surface area contributed by atoms with Crippen molar-refractivity contribution < 1.29 is 22.7 Å². The van der Waals surface area contributed by atoms with Gasteiger partial charge in [0.05, 0.1) is 35.5 Å². The lowest BCUT2D eigenvalue weighted by molar-refractivity contribution is 0.0929. The molecule has 2 aromatic carbocycles. The van der Waals surface area contributed by atoms with Crippen LogP contribution >= 0.6 is 0 Å². The van der Waals surface area contributed by atoms with Gasteiger partial charge in [-0.15, -0.1) is 0 Å². The standard InChI is InChI=1S/C35H41N7O5S/c1-24-32(26-13-16-36-30(21-26)34(43)37-27-14-19-48(45,46)20-15-27)40-42(28-11-7-4-8-12-28)33(24)39-35(44)38-31-23-41(17-18-47-2)22-29(31)25-9-5-3-6-10-25/h3-13,16,21,27,29,31H,14-15,17-20,22-23H2,1-2H3,(H,37,43)(H2,38,39,44)/t29-,31+/m0/s1. The van der Waals surface area contributed by atoms with Crippen LogP contribution in [0.25, 0.3) is 16.9 Å². The third kappa shape index (κ3) is 7.75. The number of hydrogen-bond donors (Lipinski definition) is 3. The summed E-state index contributed by atoms with van der Waals surface area (Å²) < 4.78 is 30.6. The highest BCUT2D eigenvalue weighted by Gasteiger charge is 2.35. The molecule has 0 bridgehead atoms. The van der Waals surface area contributed by atoms with Crippen molar-refractivity contribution in [2.45, 2.75) is 37.8 Å². The van der Waals surface area contributed by atoms with Crippen LogP contribution in [0.2, 0.25) is 0 Å². The Kier molecular flexibility index (Phi) is 10.2. The molecule has 2 atom stereocenters.